The fourth-order valence-electron chi connectivity index (χ4n) is 1.33. The van der Waals surface area contributed by atoms with E-state index in [1.54, 1.807) is 0 Å². The van der Waals surface area contributed by atoms with Crippen molar-refractivity contribution in [3.8, 4) is 0 Å². The van der Waals surface area contributed by atoms with Gasteiger partial charge in [0.25, 0.3) is 0 Å². The molecule has 0 radical (unpaired) electrons. The highest BCUT2D eigenvalue weighted by atomic mass is 35.5. The maximum absolute atomic E-state index is 11.7. The topological polar surface area (TPSA) is 17.1 Å². The van der Waals surface area contributed by atoms with Crippen molar-refractivity contribution < 1.29 is 4.79 Å². The van der Waals surface area contributed by atoms with E-state index in [9.17, 15) is 4.79 Å². The molecule has 2 rings (SSSR count). The van der Waals surface area contributed by atoms with Gasteiger partial charge in [0.1, 0.15) is 0 Å². The summed E-state index contributed by atoms with van der Waals surface area (Å²) in [6.45, 7) is 1.98. The summed E-state index contributed by atoms with van der Waals surface area (Å²) in [6.07, 6.45) is 0. The smallest absolute Gasteiger partial charge is 0.229 e. The molecule has 0 aliphatic heterocycles. The lowest BCUT2D eigenvalue weighted by atomic mass is 10.2. The summed E-state index contributed by atoms with van der Waals surface area (Å²) in [5.41, 5.74) is 0. The molecule has 0 atom stereocenters. The van der Waals surface area contributed by atoms with Crippen LogP contribution in [0.15, 0.2) is 24.3 Å². The Morgan fingerprint density at radius 2 is 2.33 bits per heavy atom. The molecule has 0 spiro atoms. The lowest BCUT2D eigenvalue weighted by molar-refractivity contribution is 0.109. The van der Waals surface area contributed by atoms with E-state index in [0.717, 1.165) is 25.7 Å². The quantitative estimate of drug-likeness (QED) is 0.790. The number of carbonyl (C=O) groups excluding carboxylic acids is 1. The lowest BCUT2D eigenvalue weighted by Gasteiger charge is -1.91. The monoisotopic (exact) mass is 256 g/mol. The molecule has 0 unspecified atom stereocenters. The van der Waals surface area contributed by atoms with Crippen molar-refractivity contribution in [1.29, 1.82) is 0 Å². The molecule has 0 saturated heterocycles. The zero-order valence-corrected chi connectivity index (χ0v) is 10.5. The van der Waals surface area contributed by atoms with Crippen molar-refractivity contribution in [2.75, 3.05) is 5.75 Å². The van der Waals surface area contributed by atoms with Gasteiger partial charge in [-0.3, -0.25) is 4.79 Å². The molecule has 0 aliphatic rings. The molecule has 1 aromatic heterocycles. The van der Waals surface area contributed by atoms with Gasteiger partial charge in [-0.15, -0.1) is 11.3 Å². The van der Waals surface area contributed by atoms with E-state index in [1.807, 2.05) is 31.2 Å². The molecule has 2 aromatic rings. The number of halogens is 1. The molecule has 15 heavy (non-hydrogen) atoms. The molecule has 0 bridgehead atoms. The molecule has 1 nitrogen and oxygen atoms in total. The number of hydrogen-bond donors (Lipinski definition) is 0. The summed E-state index contributed by atoms with van der Waals surface area (Å²) in [6, 6.07) is 7.64. The molecule has 1 heterocycles. The van der Waals surface area contributed by atoms with Crippen molar-refractivity contribution in [3.63, 3.8) is 0 Å². The predicted octanol–water partition coefficient (Wildman–Crippen LogP) is 4.45. The number of fused-ring (bicyclic) bond motifs is 1. The second-order valence-corrected chi connectivity index (χ2v) is 5.69. The first kappa shape index (κ1) is 11.0. The number of thiophene rings is 1. The van der Waals surface area contributed by atoms with Gasteiger partial charge >= 0.3 is 0 Å². The van der Waals surface area contributed by atoms with E-state index in [4.69, 9.17) is 11.6 Å². The summed E-state index contributed by atoms with van der Waals surface area (Å²) in [5.74, 6) is 0.806. The standard InChI is InChI=1S/C11H9ClOS2/c1-2-14-11(13)9-6-7-4-3-5-8(12)10(7)15-9/h3-6H,2H2,1H3. The third-order valence-electron chi connectivity index (χ3n) is 1.97. The van der Waals surface area contributed by atoms with Gasteiger partial charge in [0.05, 0.1) is 14.6 Å². The number of hydrogen-bond acceptors (Lipinski definition) is 3. The van der Waals surface area contributed by atoms with E-state index < -0.39 is 0 Å². The van der Waals surface area contributed by atoms with Gasteiger partial charge in [0.15, 0.2) is 0 Å². The highest BCUT2D eigenvalue weighted by molar-refractivity contribution is 8.14. The molecular weight excluding hydrogens is 248 g/mol. The minimum Gasteiger partial charge on any atom is -0.281 e. The zero-order valence-electron chi connectivity index (χ0n) is 8.12. The molecule has 1 aromatic carbocycles. The normalized spacial score (nSPS) is 10.8. The molecule has 0 fully saturated rings. The van der Waals surface area contributed by atoms with Crippen LogP contribution in [0.4, 0.5) is 0 Å². The SMILES string of the molecule is CCSC(=O)c1cc2cccc(Cl)c2s1. The first-order chi connectivity index (χ1) is 7.22. The number of carbonyl (C=O) groups is 1. The Morgan fingerprint density at radius 1 is 1.53 bits per heavy atom. The highest BCUT2D eigenvalue weighted by Gasteiger charge is 2.11. The summed E-state index contributed by atoms with van der Waals surface area (Å²) >= 11 is 8.85. The minimum absolute atomic E-state index is 0.134. The van der Waals surface area contributed by atoms with Crippen LogP contribution in [0.2, 0.25) is 5.02 Å². The van der Waals surface area contributed by atoms with E-state index in [2.05, 4.69) is 0 Å². The van der Waals surface area contributed by atoms with Gasteiger partial charge < -0.3 is 0 Å². The zero-order chi connectivity index (χ0) is 10.8. The second-order valence-electron chi connectivity index (χ2n) is 2.99. The van der Waals surface area contributed by atoms with Crippen molar-refractivity contribution in [1.82, 2.24) is 0 Å². The van der Waals surface area contributed by atoms with Crippen LogP contribution in [0, 0.1) is 0 Å². The second kappa shape index (κ2) is 4.56. The van der Waals surface area contributed by atoms with Crippen LogP contribution in [0.3, 0.4) is 0 Å². The van der Waals surface area contributed by atoms with Gasteiger partial charge in [-0.1, -0.05) is 42.4 Å². The first-order valence-corrected chi connectivity index (χ1v) is 6.75. The Labute approximate surface area is 101 Å². The van der Waals surface area contributed by atoms with Crippen LogP contribution in [-0.4, -0.2) is 10.9 Å². The van der Waals surface area contributed by atoms with Crippen LogP contribution < -0.4 is 0 Å². The average Bonchev–Trinajstić information content (AvgIpc) is 2.63. The maximum atomic E-state index is 11.7. The van der Waals surface area contributed by atoms with Crippen molar-refractivity contribution >= 4 is 49.9 Å². The molecule has 4 heteroatoms. The van der Waals surface area contributed by atoms with Crippen LogP contribution in [0.1, 0.15) is 16.6 Å². The highest BCUT2D eigenvalue weighted by Crippen LogP contribution is 2.33. The van der Waals surface area contributed by atoms with Crippen molar-refractivity contribution in [2.24, 2.45) is 0 Å². The summed E-state index contributed by atoms with van der Waals surface area (Å²) in [7, 11) is 0. The Kier molecular flexibility index (Phi) is 3.34. The van der Waals surface area contributed by atoms with Crippen molar-refractivity contribution in [2.45, 2.75) is 6.92 Å². The maximum Gasteiger partial charge on any atom is 0.229 e. The Morgan fingerprint density at radius 3 is 3.00 bits per heavy atom. The fourth-order valence-corrected chi connectivity index (χ4v) is 3.29. The lowest BCUT2D eigenvalue weighted by Crippen LogP contribution is -1.87. The summed E-state index contributed by atoms with van der Waals surface area (Å²) in [4.78, 5) is 12.4. The molecule has 0 aliphatic carbocycles. The molecule has 0 saturated carbocycles. The first-order valence-electron chi connectivity index (χ1n) is 4.57. The largest absolute Gasteiger partial charge is 0.281 e. The molecule has 0 N–H and O–H groups in total. The van der Waals surface area contributed by atoms with Gasteiger partial charge in [-0.05, 0) is 23.3 Å². The molecule has 78 valence electrons. The Balaban J connectivity index is 2.47. The Bertz CT molecular complexity index is 504. The van der Waals surface area contributed by atoms with Crippen LogP contribution in [0.25, 0.3) is 10.1 Å². The van der Waals surface area contributed by atoms with Gasteiger partial charge in [-0.2, -0.15) is 0 Å². The van der Waals surface area contributed by atoms with E-state index >= 15 is 0 Å². The summed E-state index contributed by atoms with van der Waals surface area (Å²) in [5, 5.41) is 1.90. The number of benzene rings is 1. The van der Waals surface area contributed by atoms with Crippen LogP contribution >= 0.6 is 34.7 Å². The predicted molar refractivity (Wildman–Crippen MR) is 69.3 cm³/mol. The van der Waals surface area contributed by atoms with E-state index in [1.165, 1.54) is 23.1 Å². The number of rotatable bonds is 2. The third-order valence-corrected chi connectivity index (χ3v) is 4.48. The average molecular weight is 257 g/mol. The fraction of sp³-hybridized carbons (Fsp3) is 0.182. The molecular formula is C11H9ClOS2. The van der Waals surface area contributed by atoms with E-state index in [0.29, 0.717) is 0 Å². The Hall–Kier alpha value is -0.510. The van der Waals surface area contributed by atoms with Crippen molar-refractivity contribution in [3.05, 3.63) is 34.2 Å². The van der Waals surface area contributed by atoms with E-state index in [-0.39, 0.29) is 5.12 Å². The van der Waals surface area contributed by atoms with Gasteiger partial charge in [-0.25, -0.2) is 0 Å². The van der Waals surface area contributed by atoms with Gasteiger partial charge in [0.2, 0.25) is 5.12 Å². The van der Waals surface area contributed by atoms with Crippen LogP contribution in [0.5, 0.6) is 0 Å². The third kappa shape index (κ3) is 2.19. The minimum atomic E-state index is 0.134. The number of thioether (sulfide) groups is 1. The summed E-state index contributed by atoms with van der Waals surface area (Å²) < 4.78 is 0.999. The van der Waals surface area contributed by atoms with Crippen LogP contribution in [-0.2, 0) is 0 Å². The molecule has 0 amide bonds. The van der Waals surface area contributed by atoms with Gasteiger partial charge in [0, 0.05) is 0 Å².